The summed E-state index contributed by atoms with van der Waals surface area (Å²) in [5.41, 5.74) is 2.54. The van der Waals surface area contributed by atoms with Crippen LogP contribution >= 0.6 is 38.9 Å². The van der Waals surface area contributed by atoms with Crippen molar-refractivity contribution in [2.45, 2.75) is 13.0 Å². The summed E-state index contributed by atoms with van der Waals surface area (Å²) in [6.45, 7) is 2.15. The number of halogens is 2. The van der Waals surface area contributed by atoms with Crippen molar-refractivity contribution in [3.63, 3.8) is 0 Å². The van der Waals surface area contributed by atoms with E-state index in [2.05, 4.69) is 51.7 Å². The molecule has 0 aliphatic carbocycles. The van der Waals surface area contributed by atoms with Crippen molar-refractivity contribution in [2.75, 3.05) is 7.05 Å². The topological polar surface area (TPSA) is 12.0 Å². The Morgan fingerprint density at radius 2 is 2.12 bits per heavy atom. The standard InChI is InChI=1S/C13H13BrClNS/c1-8-10(5-6-17-8)13(16-2)9-3-4-12(15)11(14)7-9/h3-7,13,16H,1-2H3. The normalized spacial score (nSPS) is 12.7. The smallest absolute Gasteiger partial charge is 0.0585 e. The Bertz CT molecular complexity index is 524. The molecule has 0 spiro atoms. The van der Waals surface area contributed by atoms with Gasteiger partial charge >= 0.3 is 0 Å². The van der Waals surface area contributed by atoms with Crippen molar-refractivity contribution in [2.24, 2.45) is 0 Å². The fourth-order valence-electron chi connectivity index (χ4n) is 1.89. The van der Waals surface area contributed by atoms with E-state index in [9.17, 15) is 0 Å². The molecule has 17 heavy (non-hydrogen) atoms. The molecule has 1 unspecified atom stereocenters. The second kappa shape index (κ2) is 5.53. The van der Waals surface area contributed by atoms with Gasteiger partial charge in [0.15, 0.2) is 0 Å². The van der Waals surface area contributed by atoms with Crippen LogP contribution in [0, 0.1) is 6.92 Å². The monoisotopic (exact) mass is 329 g/mol. The molecule has 2 rings (SSSR count). The first-order valence-electron chi connectivity index (χ1n) is 5.29. The highest BCUT2D eigenvalue weighted by Crippen LogP contribution is 2.31. The number of rotatable bonds is 3. The maximum absolute atomic E-state index is 6.02. The summed E-state index contributed by atoms with van der Waals surface area (Å²) < 4.78 is 0.935. The fraction of sp³-hybridized carbons (Fsp3) is 0.231. The van der Waals surface area contributed by atoms with Gasteiger partial charge < -0.3 is 5.32 Å². The van der Waals surface area contributed by atoms with Crippen molar-refractivity contribution < 1.29 is 0 Å². The summed E-state index contributed by atoms with van der Waals surface area (Å²) in [6, 6.07) is 8.44. The molecule has 0 aliphatic heterocycles. The van der Waals surface area contributed by atoms with Gasteiger partial charge in [-0.05, 0) is 64.6 Å². The predicted molar refractivity (Wildman–Crippen MR) is 79.1 cm³/mol. The van der Waals surface area contributed by atoms with E-state index in [0.29, 0.717) is 0 Å². The van der Waals surface area contributed by atoms with Crippen LogP contribution in [0.2, 0.25) is 5.02 Å². The van der Waals surface area contributed by atoms with Gasteiger partial charge in [-0.3, -0.25) is 0 Å². The van der Waals surface area contributed by atoms with Crippen molar-refractivity contribution in [3.8, 4) is 0 Å². The Hall–Kier alpha value is -0.350. The predicted octanol–water partition coefficient (Wildman–Crippen LogP) is 4.78. The van der Waals surface area contributed by atoms with E-state index in [1.54, 1.807) is 11.3 Å². The molecule has 2 aromatic rings. The van der Waals surface area contributed by atoms with Gasteiger partial charge in [-0.15, -0.1) is 11.3 Å². The molecule has 0 fully saturated rings. The second-order valence-corrected chi connectivity index (χ2v) is 6.21. The lowest BCUT2D eigenvalue weighted by molar-refractivity contribution is 0.690. The third-order valence-electron chi connectivity index (χ3n) is 2.78. The summed E-state index contributed by atoms with van der Waals surface area (Å²) in [5, 5.41) is 6.22. The van der Waals surface area contributed by atoms with Crippen LogP contribution in [0.25, 0.3) is 0 Å². The van der Waals surface area contributed by atoms with Crippen LogP contribution < -0.4 is 5.32 Å². The molecule has 1 nitrogen and oxygen atoms in total. The van der Waals surface area contributed by atoms with E-state index in [1.807, 2.05) is 13.1 Å². The molecular formula is C13H13BrClNS. The van der Waals surface area contributed by atoms with E-state index in [-0.39, 0.29) is 6.04 Å². The minimum absolute atomic E-state index is 0.217. The van der Waals surface area contributed by atoms with E-state index in [1.165, 1.54) is 16.0 Å². The summed E-state index contributed by atoms with van der Waals surface area (Å²) in [6.07, 6.45) is 0. The van der Waals surface area contributed by atoms with Gasteiger partial charge in [-0.2, -0.15) is 0 Å². The quantitative estimate of drug-likeness (QED) is 0.854. The second-order valence-electron chi connectivity index (χ2n) is 3.83. The number of aryl methyl sites for hydroxylation is 1. The molecule has 1 heterocycles. The Morgan fingerprint density at radius 3 is 2.65 bits per heavy atom. The lowest BCUT2D eigenvalue weighted by Crippen LogP contribution is -2.17. The van der Waals surface area contributed by atoms with Gasteiger partial charge in [0.05, 0.1) is 11.1 Å². The minimum Gasteiger partial charge on any atom is -0.309 e. The van der Waals surface area contributed by atoms with Gasteiger partial charge in [-0.1, -0.05) is 17.7 Å². The van der Waals surface area contributed by atoms with E-state index in [0.717, 1.165) is 9.50 Å². The lowest BCUT2D eigenvalue weighted by atomic mass is 10.00. The molecule has 4 heteroatoms. The van der Waals surface area contributed by atoms with E-state index >= 15 is 0 Å². The zero-order chi connectivity index (χ0) is 12.4. The number of thiophene rings is 1. The molecule has 0 aliphatic rings. The molecule has 1 aromatic carbocycles. The summed E-state index contributed by atoms with van der Waals surface area (Å²) in [7, 11) is 1.98. The highest BCUT2D eigenvalue weighted by molar-refractivity contribution is 9.10. The number of benzene rings is 1. The summed E-state index contributed by atoms with van der Waals surface area (Å²) in [4.78, 5) is 1.34. The first-order chi connectivity index (χ1) is 8.13. The van der Waals surface area contributed by atoms with Crippen LogP contribution in [-0.2, 0) is 0 Å². The van der Waals surface area contributed by atoms with Crippen LogP contribution in [0.1, 0.15) is 22.0 Å². The molecule has 0 radical (unpaired) electrons. The van der Waals surface area contributed by atoms with E-state index < -0.39 is 0 Å². The first-order valence-corrected chi connectivity index (χ1v) is 7.34. The molecule has 1 aromatic heterocycles. The van der Waals surface area contributed by atoms with Gasteiger partial charge in [0, 0.05) is 9.35 Å². The first kappa shape index (κ1) is 13.1. The summed E-state index contributed by atoms with van der Waals surface area (Å²) >= 11 is 11.3. The van der Waals surface area contributed by atoms with Gasteiger partial charge in [0.25, 0.3) is 0 Å². The third kappa shape index (κ3) is 2.74. The van der Waals surface area contributed by atoms with Crippen molar-refractivity contribution in [3.05, 3.63) is 55.1 Å². The summed E-state index contributed by atoms with van der Waals surface area (Å²) in [5.74, 6) is 0. The van der Waals surface area contributed by atoms with Crippen molar-refractivity contribution in [1.29, 1.82) is 0 Å². The number of hydrogen-bond acceptors (Lipinski definition) is 2. The van der Waals surface area contributed by atoms with Crippen LogP contribution in [0.15, 0.2) is 34.1 Å². The highest BCUT2D eigenvalue weighted by Gasteiger charge is 2.15. The maximum Gasteiger partial charge on any atom is 0.0585 e. The molecule has 90 valence electrons. The van der Waals surface area contributed by atoms with Crippen molar-refractivity contribution in [1.82, 2.24) is 5.32 Å². The Labute approximate surface area is 119 Å². The molecule has 0 bridgehead atoms. The highest BCUT2D eigenvalue weighted by atomic mass is 79.9. The zero-order valence-electron chi connectivity index (χ0n) is 9.63. The molecular weight excluding hydrogens is 318 g/mol. The van der Waals surface area contributed by atoms with E-state index in [4.69, 9.17) is 11.6 Å². The van der Waals surface area contributed by atoms with Gasteiger partial charge in [0.2, 0.25) is 0 Å². The van der Waals surface area contributed by atoms with Gasteiger partial charge in [0.1, 0.15) is 0 Å². The largest absolute Gasteiger partial charge is 0.309 e. The average Bonchev–Trinajstić information content (AvgIpc) is 2.71. The van der Waals surface area contributed by atoms with Gasteiger partial charge in [-0.25, -0.2) is 0 Å². The number of hydrogen-bond donors (Lipinski definition) is 1. The average molecular weight is 331 g/mol. The molecule has 1 N–H and O–H groups in total. The lowest BCUT2D eigenvalue weighted by Gasteiger charge is -2.17. The Morgan fingerprint density at radius 1 is 1.35 bits per heavy atom. The molecule has 0 amide bonds. The molecule has 0 saturated heterocycles. The molecule has 0 saturated carbocycles. The fourth-order valence-corrected chi connectivity index (χ4v) is 3.14. The SMILES string of the molecule is CNC(c1ccc(Cl)c(Br)c1)c1ccsc1C. The van der Waals surface area contributed by atoms with Crippen molar-refractivity contribution >= 4 is 38.9 Å². The third-order valence-corrected chi connectivity index (χ3v) is 4.85. The van der Waals surface area contributed by atoms with Crippen LogP contribution in [0.4, 0.5) is 0 Å². The minimum atomic E-state index is 0.217. The Kier molecular flexibility index (Phi) is 4.26. The Balaban J connectivity index is 2.42. The van der Waals surface area contributed by atoms with Crippen LogP contribution in [0.3, 0.4) is 0 Å². The number of nitrogens with one attached hydrogen (secondary N) is 1. The maximum atomic E-state index is 6.02. The molecule has 1 atom stereocenters. The van der Waals surface area contributed by atoms with Crippen LogP contribution in [0.5, 0.6) is 0 Å². The zero-order valence-corrected chi connectivity index (χ0v) is 12.8. The van der Waals surface area contributed by atoms with Crippen LogP contribution in [-0.4, -0.2) is 7.05 Å².